The van der Waals surface area contributed by atoms with Crippen LogP contribution in [0.25, 0.3) is 0 Å². The number of rotatable bonds is 8. The molecule has 0 atom stereocenters. The molecule has 150 valence electrons. The largest absolute Gasteiger partial charge is 0.444 e. The summed E-state index contributed by atoms with van der Waals surface area (Å²) in [6, 6.07) is 6.94. The Morgan fingerprint density at radius 1 is 0.963 bits per heavy atom. The van der Waals surface area contributed by atoms with Gasteiger partial charge in [-0.05, 0) is 57.9 Å². The van der Waals surface area contributed by atoms with Crippen molar-refractivity contribution in [3.05, 3.63) is 24.3 Å². The number of hydrogen-bond donors (Lipinski definition) is 3. The fourth-order valence-electron chi connectivity index (χ4n) is 2.36. The molecule has 0 saturated carbocycles. The predicted molar refractivity (Wildman–Crippen MR) is 107 cm³/mol. The van der Waals surface area contributed by atoms with Crippen LogP contribution in [0.2, 0.25) is 0 Å². The van der Waals surface area contributed by atoms with Gasteiger partial charge in [0.2, 0.25) is 11.8 Å². The van der Waals surface area contributed by atoms with Crippen molar-refractivity contribution in [2.24, 2.45) is 5.92 Å². The molecule has 7 heteroatoms. The number of benzene rings is 1. The standard InChI is InChI=1S/C20H31N3O4/c1-6-14(7-2)18(25)23-16-10-8-15(9-11-16)22-17(24)12-13-21-19(26)27-20(3,4)5/h8-11,14H,6-7,12-13H2,1-5H3,(H,21,26)(H,22,24)(H,23,25). The van der Waals surface area contributed by atoms with E-state index >= 15 is 0 Å². The molecule has 0 spiro atoms. The molecule has 0 aromatic heterocycles. The van der Waals surface area contributed by atoms with E-state index in [0.29, 0.717) is 11.4 Å². The number of carbonyl (C=O) groups excluding carboxylic acids is 3. The van der Waals surface area contributed by atoms with E-state index in [1.54, 1.807) is 45.0 Å². The van der Waals surface area contributed by atoms with Crippen molar-refractivity contribution in [1.29, 1.82) is 0 Å². The summed E-state index contributed by atoms with van der Waals surface area (Å²) in [5, 5.41) is 8.16. The molecule has 1 rings (SSSR count). The first-order valence-electron chi connectivity index (χ1n) is 9.32. The van der Waals surface area contributed by atoms with Crippen LogP contribution in [0.3, 0.4) is 0 Å². The van der Waals surface area contributed by atoms with Gasteiger partial charge in [-0.2, -0.15) is 0 Å². The van der Waals surface area contributed by atoms with Crippen molar-refractivity contribution in [3.8, 4) is 0 Å². The van der Waals surface area contributed by atoms with Gasteiger partial charge in [-0.25, -0.2) is 4.79 Å². The topological polar surface area (TPSA) is 96.5 Å². The molecule has 27 heavy (non-hydrogen) atoms. The Hall–Kier alpha value is -2.57. The SMILES string of the molecule is CCC(CC)C(=O)Nc1ccc(NC(=O)CCNC(=O)OC(C)(C)C)cc1. The number of carbonyl (C=O) groups is 3. The molecule has 0 aliphatic rings. The summed E-state index contributed by atoms with van der Waals surface area (Å²) in [5.41, 5.74) is 0.743. The van der Waals surface area contributed by atoms with E-state index in [9.17, 15) is 14.4 Å². The Balaban J connectivity index is 2.41. The summed E-state index contributed by atoms with van der Waals surface area (Å²) in [4.78, 5) is 35.5. The highest BCUT2D eigenvalue weighted by atomic mass is 16.6. The highest BCUT2D eigenvalue weighted by Gasteiger charge is 2.16. The van der Waals surface area contributed by atoms with E-state index in [4.69, 9.17) is 4.74 Å². The summed E-state index contributed by atoms with van der Waals surface area (Å²) in [6.07, 6.45) is 1.18. The Labute approximate surface area is 161 Å². The van der Waals surface area contributed by atoms with Crippen LogP contribution in [0.4, 0.5) is 16.2 Å². The van der Waals surface area contributed by atoms with Crippen LogP contribution < -0.4 is 16.0 Å². The lowest BCUT2D eigenvalue weighted by Crippen LogP contribution is -2.34. The van der Waals surface area contributed by atoms with Gasteiger partial charge in [0.1, 0.15) is 5.60 Å². The molecule has 0 bridgehead atoms. The van der Waals surface area contributed by atoms with Crippen LogP contribution in [0.15, 0.2) is 24.3 Å². The van der Waals surface area contributed by atoms with Crippen molar-refractivity contribution in [3.63, 3.8) is 0 Å². The molecular weight excluding hydrogens is 346 g/mol. The van der Waals surface area contributed by atoms with Crippen molar-refractivity contribution < 1.29 is 19.1 Å². The van der Waals surface area contributed by atoms with E-state index in [-0.39, 0.29) is 30.7 Å². The second-order valence-corrected chi connectivity index (χ2v) is 7.31. The maximum absolute atomic E-state index is 12.1. The molecule has 0 heterocycles. The Morgan fingerprint density at radius 2 is 1.48 bits per heavy atom. The van der Waals surface area contributed by atoms with Gasteiger partial charge in [0.05, 0.1) is 0 Å². The van der Waals surface area contributed by atoms with E-state index < -0.39 is 11.7 Å². The second kappa shape index (κ2) is 10.5. The van der Waals surface area contributed by atoms with Crippen molar-refractivity contribution >= 4 is 29.3 Å². The first-order chi connectivity index (χ1) is 12.6. The number of hydrogen-bond acceptors (Lipinski definition) is 4. The van der Waals surface area contributed by atoms with Crippen molar-refractivity contribution in [1.82, 2.24) is 5.32 Å². The Kier molecular flexibility index (Phi) is 8.78. The van der Waals surface area contributed by atoms with E-state index in [0.717, 1.165) is 12.8 Å². The van der Waals surface area contributed by atoms with Gasteiger partial charge in [0, 0.05) is 30.3 Å². The first kappa shape index (κ1) is 22.5. The monoisotopic (exact) mass is 377 g/mol. The van der Waals surface area contributed by atoms with Gasteiger partial charge in [0.25, 0.3) is 0 Å². The lowest BCUT2D eigenvalue weighted by Gasteiger charge is -2.19. The molecule has 0 aliphatic heterocycles. The fourth-order valence-corrected chi connectivity index (χ4v) is 2.36. The smallest absolute Gasteiger partial charge is 0.407 e. The molecule has 0 fully saturated rings. The molecule has 1 aromatic carbocycles. The maximum atomic E-state index is 12.1. The molecule has 0 radical (unpaired) electrons. The van der Waals surface area contributed by atoms with Crippen molar-refractivity contribution in [2.45, 2.75) is 59.5 Å². The maximum Gasteiger partial charge on any atom is 0.407 e. The molecule has 3 N–H and O–H groups in total. The van der Waals surface area contributed by atoms with Gasteiger partial charge < -0.3 is 20.7 Å². The third-order valence-corrected chi connectivity index (χ3v) is 3.81. The zero-order chi connectivity index (χ0) is 20.4. The average molecular weight is 377 g/mol. The van der Waals surface area contributed by atoms with Gasteiger partial charge >= 0.3 is 6.09 Å². The molecule has 0 aliphatic carbocycles. The van der Waals surface area contributed by atoms with Crippen LogP contribution in [0.5, 0.6) is 0 Å². The Morgan fingerprint density at radius 3 is 1.96 bits per heavy atom. The third-order valence-electron chi connectivity index (χ3n) is 3.81. The highest BCUT2D eigenvalue weighted by molar-refractivity contribution is 5.94. The second-order valence-electron chi connectivity index (χ2n) is 7.31. The molecule has 1 aromatic rings. The van der Waals surface area contributed by atoms with Crippen LogP contribution in [0, 0.1) is 5.92 Å². The van der Waals surface area contributed by atoms with Gasteiger partial charge in [-0.1, -0.05) is 13.8 Å². The summed E-state index contributed by atoms with van der Waals surface area (Å²) >= 11 is 0. The normalized spacial score (nSPS) is 11.0. The molecule has 3 amide bonds. The number of nitrogens with one attached hydrogen (secondary N) is 3. The summed E-state index contributed by atoms with van der Waals surface area (Å²) in [7, 11) is 0. The summed E-state index contributed by atoms with van der Waals surface area (Å²) in [5.74, 6) is -0.216. The summed E-state index contributed by atoms with van der Waals surface area (Å²) in [6.45, 7) is 9.49. The fraction of sp³-hybridized carbons (Fsp3) is 0.550. The predicted octanol–water partition coefficient (Wildman–Crippen LogP) is 3.91. The molecule has 0 unspecified atom stereocenters. The number of alkyl carbamates (subject to hydrolysis) is 1. The van der Waals surface area contributed by atoms with Gasteiger partial charge in [-0.15, -0.1) is 0 Å². The Bertz CT molecular complexity index is 632. The minimum Gasteiger partial charge on any atom is -0.444 e. The van der Waals surface area contributed by atoms with Crippen LogP contribution in [-0.2, 0) is 14.3 Å². The lowest BCUT2D eigenvalue weighted by atomic mass is 10.0. The lowest BCUT2D eigenvalue weighted by molar-refractivity contribution is -0.120. The molecular formula is C20H31N3O4. The third kappa shape index (κ3) is 9.08. The minimum absolute atomic E-state index is 0.00172. The summed E-state index contributed by atoms with van der Waals surface area (Å²) < 4.78 is 5.10. The van der Waals surface area contributed by atoms with Crippen LogP contribution in [0.1, 0.15) is 53.9 Å². The van der Waals surface area contributed by atoms with Crippen molar-refractivity contribution in [2.75, 3.05) is 17.2 Å². The number of anilines is 2. The van der Waals surface area contributed by atoms with Gasteiger partial charge in [0.15, 0.2) is 0 Å². The zero-order valence-corrected chi connectivity index (χ0v) is 16.8. The van der Waals surface area contributed by atoms with E-state index in [1.807, 2.05) is 13.8 Å². The highest BCUT2D eigenvalue weighted by Crippen LogP contribution is 2.16. The number of amides is 3. The number of ether oxygens (including phenoxy) is 1. The minimum atomic E-state index is -0.572. The zero-order valence-electron chi connectivity index (χ0n) is 16.8. The first-order valence-corrected chi connectivity index (χ1v) is 9.32. The molecule has 7 nitrogen and oxygen atoms in total. The molecule has 0 saturated heterocycles. The average Bonchev–Trinajstić information content (AvgIpc) is 2.56. The van der Waals surface area contributed by atoms with Crippen LogP contribution >= 0.6 is 0 Å². The van der Waals surface area contributed by atoms with E-state index in [2.05, 4.69) is 16.0 Å². The van der Waals surface area contributed by atoms with Gasteiger partial charge in [-0.3, -0.25) is 9.59 Å². The van der Waals surface area contributed by atoms with E-state index in [1.165, 1.54) is 0 Å². The van der Waals surface area contributed by atoms with Crippen LogP contribution in [-0.4, -0.2) is 30.1 Å². The quantitative estimate of drug-likeness (QED) is 0.640.